The number of anilines is 1. The molecule has 3 heteroatoms. The van der Waals surface area contributed by atoms with Gasteiger partial charge in [-0.2, -0.15) is 0 Å². The van der Waals surface area contributed by atoms with Crippen molar-refractivity contribution in [2.24, 2.45) is 0 Å². The molecule has 0 bridgehead atoms. The van der Waals surface area contributed by atoms with E-state index in [2.05, 4.69) is 0 Å². The summed E-state index contributed by atoms with van der Waals surface area (Å²) in [5.41, 5.74) is 2.56. The van der Waals surface area contributed by atoms with Gasteiger partial charge >= 0.3 is 0 Å². The van der Waals surface area contributed by atoms with Crippen molar-refractivity contribution >= 4 is 17.4 Å². The molecule has 1 aromatic carbocycles. The highest BCUT2D eigenvalue weighted by Crippen LogP contribution is 2.36. The van der Waals surface area contributed by atoms with Gasteiger partial charge in [0.15, 0.2) is 0 Å². The third-order valence-electron chi connectivity index (χ3n) is 2.68. The average Bonchev–Trinajstić information content (AvgIpc) is 2.67. The summed E-state index contributed by atoms with van der Waals surface area (Å²) >= 11 is 0. The molecule has 2 aliphatic heterocycles. The van der Waals surface area contributed by atoms with Gasteiger partial charge in [-0.3, -0.25) is 9.59 Å². The molecule has 3 nitrogen and oxygen atoms in total. The van der Waals surface area contributed by atoms with Crippen LogP contribution in [-0.4, -0.2) is 18.2 Å². The standard InChI is InChI=1S/C10H7NO2/c12-9-7-3-1-2-6-4-5-11(8(6)7)10(9)13/h1-3H,4-5H2. The zero-order chi connectivity index (χ0) is 9.00. The minimum Gasteiger partial charge on any atom is -0.304 e. The van der Waals surface area contributed by atoms with Gasteiger partial charge in [0.25, 0.3) is 11.7 Å². The van der Waals surface area contributed by atoms with Gasteiger partial charge in [-0.1, -0.05) is 12.1 Å². The van der Waals surface area contributed by atoms with Crippen LogP contribution < -0.4 is 4.90 Å². The molecule has 13 heavy (non-hydrogen) atoms. The van der Waals surface area contributed by atoms with Crippen LogP contribution in [0.15, 0.2) is 18.2 Å². The first-order chi connectivity index (χ1) is 6.29. The minimum absolute atomic E-state index is 0.350. The van der Waals surface area contributed by atoms with Gasteiger partial charge in [-0.05, 0) is 18.1 Å². The number of ketones is 1. The quantitative estimate of drug-likeness (QED) is 0.543. The van der Waals surface area contributed by atoms with Crippen LogP contribution in [0.2, 0.25) is 0 Å². The number of benzene rings is 1. The Morgan fingerprint density at radius 2 is 2.08 bits per heavy atom. The normalized spacial score (nSPS) is 18.3. The second-order valence-electron chi connectivity index (χ2n) is 3.35. The fourth-order valence-electron chi connectivity index (χ4n) is 2.08. The van der Waals surface area contributed by atoms with Crippen LogP contribution in [0.5, 0.6) is 0 Å². The van der Waals surface area contributed by atoms with E-state index >= 15 is 0 Å². The van der Waals surface area contributed by atoms with Crippen molar-refractivity contribution in [1.29, 1.82) is 0 Å². The summed E-state index contributed by atoms with van der Waals surface area (Å²) in [6.07, 6.45) is 0.877. The Bertz CT molecular complexity index is 437. The van der Waals surface area contributed by atoms with Crippen molar-refractivity contribution < 1.29 is 9.59 Å². The lowest BCUT2D eigenvalue weighted by Gasteiger charge is -2.06. The van der Waals surface area contributed by atoms with Crippen LogP contribution in [0, 0.1) is 0 Å². The zero-order valence-corrected chi connectivity index (χ0v) is 6.91. The predicted octanol–water partition coefficient (Wildman–Crippen LogP) is 0.772. The van der Waals surface area contributed by atoms with E-state index in [9.17, 15) is 9.59 Å². The van der Waals surface area contributed by atoms with E-state index in [-0.39, 0.29) is 11.7 Å². The number of Topliss-reactive ketones (excluding diaryl/α,β-unsaturated/α-hetero) is 1. The van der Waals surface area contributed by atoms with Crippen molar-refractivity contribution in [2.45, 2.75) is 6.42 Å². The van der Waals surface area contributed by atoms with E-state index in [1.165, 1.54) is 0 Å². The molecule has 0 spiro atoms. The molecular weight excluding hydrogens is 166 g/mol. The number of hydrogen-bond donors (Lipinski definition) is 0. The second kappa shape index (κ2) is 1.99. The highest BCUT2D eigenvalue weighted by Gasteiger charge is 2.39. The van der Waals surface area contributed by atoms with Crippen LogP contribution in [0.3, 0.4) is 0 Å². The fourth-order valence-corrected chi connectivity index (χ4v) is 2.08. The van der Waals surface area contributed by atoms with E-state index in [0.29, 0.717) is 12.1 Å². The third-order valence-corrected chi connectivity index (χ3v) is 2.68. The Morgan fingerprint density at radius 1 is 1.23 bits per heavy atom. The van der Waals surface area contributed by atoms with E-state index in [4.69, 9.17) is 0 Å². The van der Waals surface area contributed by atoms with E-state index in [0.717, 1.165) is 17.7 Å². The van der Waals surface area contributed by atoms with Gasteiger partial charge < -0.3 is 4.90 Å². The van der Waals surface area contributed by atoms with E-state index in [1.807, 2.05) is 12.1 Å². The van der Waals surface area contributed by atoms with Crippen LogP contribution >= 0.6 is 0 Å². The summed E-state index contributed by atoms with van der Waals surface area (Å²) in [5.74, 6) is -0.712. The Kier molecular flexibility index (Phi) is 1.05. The Morgan fingerprint density at radius 3 is 2.92 bits per heavy atom. The lowest BCUT2D eigenvalue weighted by Crippen LogP contribution is -2.28. The summed E-state index contributed by atoms with van der Waals surface area (Å²) in [6, 6.07) is 5.54. The van der Waals surface area contributed by atoms with Crippen molar-refractivity contribution in [3.63, 3.8) is 0 Å². The van der Waals surface area contributed by atoms with Crippen molar-refractivity contribution in [3.05, 3.63) is 29.3 Å². The lowest BCUT2D eigenvalue weighted by atomic mass is 10.1. The van der Waals surface area contributed by atoms with Gasteiger partial charge in [0.05, 0.1) is 11.3 Å². The maximum Gasteiger partial charge on any atom is 0.299 e. The smallest absolute Gasteiger partial charge is 0.299 e. The predicted molar refractivity (Wildman–Crippen MR) is 46.8 cm³/mol. The molecule has 1 aromatic rings. The molecule has 0 saturated heterocycles. The van der Waals surface area contributed by atoms with Gasteiger partial charge in [-0.25, -0.2) is 0 Å². The first kappa shape index (κ1) is 6.83. The molecule has 0 N–H and O–H groups in total. The number of carbonyl (C=O) groups is 2. The number of carbonyl (C=O) groups excluding carboxylic acids is 2. The molecule has 0 fully saturated rings. The van der Waals surface area contributed by atoms with Crippen LogP contribution in [0.25, 0.3) is 0 Å². The Hall–Kier alpha value is -1.64. The number of hydrogen-bond acceptors (Lipinski definition) is 2. The summed E-state index contributed by atoms with van der Waals surface area (Å²) in [6.45, 7) is 0.664. The lowest BCUT2D eigenvalue weighted by molar-refractivity contribution is -0.114. The highest BCUT2D eigenvalue weighted by molar-refractivity contribution is 6.52. The summed E-state index contributed by atoms with van der Waals surface area (Å²) in [4.78, 5) is 24.4. The van der Waals surface area contributed by atoms with Gasteiger partial charge in [0.1, 0.15) is 0 Å². The number of para-hydroxylation sites is 1. The molecule has 1 amide bonds. The van der Waals surface area contributed by atoms with Crippen LogP contribution in [-0.2, 0) is 11.2 Å². The number of rotatable bonds is 0. The molecule has 0 unspecified atom stereocenters. The van der Waals surface area contributed by atoms with E-state index in [1.54, 1.807) is 11.0 Å². The second-order valence-corrected chi connectivity index (χ2v) is 3.35. The molecule has 0 radical (unpaired) electrons. The monoisotopic (exact) mass is 173 g/mol. The topological polar surface area (TPSA) is 37.4 Å². The largest absolute Gasteiger partial charge is 0.304 e. The summed E-state index contributed by atoms with van der Waals surface area (Å²) in [5, 5.41) is 0. The molecule has 2 heterocycles. The SMILES string of the molecule is O=C1C(=O)N2CCc3cccc1c32. The summed E-state index contributed by atoms with van der Waals surface area (Å²) < 4.78 is 0. The van der Waals surface area contributed by atoms with Crippen molar-refractivity contribution in [3.8, 4) is 0 Å². The van der Waals surface area contributed by atoms with Crippen molar-refractivity contribution in [2.75, 3.05) is 11.4 Å². The first-order valence-corrected chi connectivity index (χ1v) is 4.27. The van der Waals surface area contributed by atoms with Crippen LogP contribution in [0.1, 0.15) is 15.9 Å². The molecule has 0 aliphatic carbocycles. The highest BCUT2D eigenvalue weighted by atomic mass is 16.2. The molecule has 0 aromatic heterocycles. The number of amides is 1. The molecule has 64 valence electrons. The molecular formula is C10H7NO2. The Balaban J connectivity index is 2.38. The minimum atomic E-state index is -0.361. The average molecular weight is 173 g/mol. The van der Waals surface area contributed by atoms with Gasteiger partial charge in [-0.15, -0.1) is 0 Å². The van der Waals surface area contributed by atoms with Gasteiger partial charge in [0.2, 0.25) is 0 Å². The van der Waals surface area contributed by atoms with Gasteiger partial charge in [0, 0.05) is 6.54 Å². The molecule has 0 saturated carbocycles. The first-order valence-electron chi connectivity index (χ1n) is 4.27. The molecule has 2 aliphatic rings. The summed E-state index contributed by atoms with van der Waals surface area (Å²) in [7, 11) is 0. The number of nitrogens with zero attached hydrogens (tertiary/aromatic N) is 1. The third kappa shape index (κ3) is 0.651. The van der Waals surface area contributed by atoms with E-state index < -0.39 is 0 Å². The van der Waals surface area contributed by atoms with Crippen molar-refractivity contribution in [1.82, 2.24) is 0 Å². The maximum absolute atomic E-state index is 11.4. The Labute approximate surface area is 75.0 Å². The molecule has 0 atom stereocenters. The zero-order valence-electron chi connectivity index (χ0n) is 6.91. The fraction of sp³-hybridized carbons (Fsp3) is 0.200. The molecule has 3 rings (SSSR count). The maximum atomic E-state index is 11.4. The van der Waals surface area contributed by atoms with Crippen LogP contribution in [0.4, 0.5) is 5.69 Å².